The van der Waals surface area contributed by atoms with Gasteiger partial charge in [0.2, 0.25) is 0 Å². The van der Waals surface area contributed by atoms with E-state index < -0.39 is 4.92 Å². The third-order valence-electron chi connectivity index (χ3n) is 4.06. The first-order valence-corrected chi connectivity index (χ1v) is 7.94. The zero-order valence-electron chi connectivity index (χ0n) is 12.2. The third-order valence-corrected chi connectivity index (χ3v) is 4.39. The van der Waals surface area contributed by atoms with Crippen LogP contribution in [0.25, 0.3) is 0 Å². The van der Waals surface area contributed by atoms with E-state index in [4.69, 9.17) is 17.0 Å². The quantitative estimate of drug-likeness (QED) is 0.511. The lowest BCUT2D eigenvalue weighted by Gasteiger charge is -2.28. The van der Waals surface area contributed by atoms with Gasteiger partial charge in [0.1, 0.15) is 0 Å². The Morgan fingerprint density at radius 3 is 2.64 bits per heavy atom. The van der Waals surface area contributed by atoms with Crippen molar-refractivity contribution in [2.24, 2.45) is 5.92 Å². The molecule has 0 amide bonds. The third kappa shape index (κ3) is 3.72. The van der Waals surface area contributed by atoms with Crippen molar-refractivity contribution in [3.05, 3.63) is 34.4 Å². The van der Waals surface area contributed by atoms with Gasteiger partial charge in [-0.05, 0) is 43.6 Å². The summed E-state index contributed by atoms with van der Waals surface area (Å²) in [4.78, 5) is 12.5. The van der Waals surface area contributed by atoms with Crippen molar-refractivity contribution in [1.82, 2.24) is 4.90 Å². The Morgan fingerprint density at radius 1 is 1.36 bits per heavy atom. The number of anilines is 1. The maximum absolute atomic E-state index is 10.7. The maximum Gasteiger partial charge on any atom is 0.269 e. The first-order valence-electron chi connectivity index (χ1n) is 7.53. The molecule has 1 aliphatic heterocycles. The fourth-order valence-corrected chi connectivity index (χ4v) is 2.99. The highest BCUT2D eigenvalue weighted by Gasteiger charge is 2.33. The lowest BCUT2D eigenvalue weighted by atomic mass is 10.1. The predicted molar refractivity (Wildman–Crippen MR) is 88.0 cm³/mol. The predicted octanol–water partition coefficient (Wildman–Crippen LogP) is 2.79. The molecule has 1 heterocycles. The van der Waals surface area contributed by atoms with Gasteiger partial charge in [0.05, 0.1) is 11.5 Å². The molecule has 2 aliphatic rings. The number of rotatable bonds is 5. The number of ether oxygens (including phenoxy) is 1. The molecule has 1 aromatic carbocycles. The summed E-state index contributed by atoms with van der Waals surface area (Å²) >= 11 is 5.53. The molecule has 3 rings (SSSR count). The first kappa shape index (κ1) is 15.2. The van der Waals surface area contributed by atoms with Crippen molar-refractivity contribution in [2.45, 2.75) is 25.3 Å². The van der Waals surface area contributed by atoms with Gasteiger partial charge in [0, 0.05) is 42.9 Å². The molecule has 22 heavy (non-hydrogen) atoms. The average Bonchev–Trinajstić information content (AvgIpc) is 3.21. The Hall–Kier alpha value is -1.73. The topological polar surface area (TPSA) is 67.6 Å². The number of hydrogen-bond acceptors (Lipinski definition) is 4. The molecular formula is C15H19N3O3S. The largest absolute Gasteiger partial charge is 0.381 e. The highest BCUT2D eigenvalue weighted by Crippen LogP contribution is 2.30. The number of hydrogen-bond donors (Lipinski definition) is 1. The zero-order valence-corrected chi connectivity index (χ0v) is 13.1. The second-order valence-corrected chi connectivity index (χ2v) is 6.23. The van der Waals surface area contributed by atoms with Crippen LogP contribution in [0.3, 0.4) is 0 Å². The molecule has 2 fully saturated rings. The Balaban J connectivity index is 1.61. The van der Waals surface area contributed by atoms with E-state index in [2.05, 4.69) is 10.2 Å². The van der Waals surface area contributed by atoms with Crippen LogP contribution in [0.15, 0.2) is 24.3 Å². The normalized spacial score (nSPS) is 20.6. The van der Waals surface area contributed by atoms with E-state index in [0.29, 0.717) is 17.1 Å². The highest BCUT2D eigenvalue weighted by molar-refractivity contribution is 7.80. The summed E-state index contributed by atoms with van der Waals surface area (Å²) in [6.45, 7) is 2.57. The molecule has 1 N–H and O–H groups in total. The molecule has 0 unspecified atom stereocenters. The van der Waals surface area contributed by atoms with Crippen molar-refractivity contribution in [1.29, 1.82) is 0 Å². The second kappa shape index (κ2) is 6.58. The Bertz CT molecular complexity index is 554. The van der Waals surface area contributed by atoms with Crippen LogP contribution >= 0.6 is 12.2 Å². The smallest absolute Gasteiger partial charge is 0.269 e. The minimum Gasteiger partial charge on any atom is -0.381 e. The molecule has 0 aromatic heterocycles. The van der Waals surface area contributed by atoms with Crippen LogP contribution in [0.4, 0.5) is 11.4 Å². The second-order valence-electron chi connectivity index (χ2n) is 5.85. The minimum atomic E-state index is -0.404. The van der Waals surface area contributed by atoms with Crippen molar-refractivity contribution in [2.75, 3.05) is 25.1 Å². The molecule has 7 heteroatoms. The van der Waals surface area contributed by atoms with Crippen molar-refractivity contribution >= 4 is 28.7 Å². The summed E-state index contributed by atoms with van der Waals surface area (Å²) in [6.07, 6.45) is 3.44. The molecule has 1 aliphatic carbocycles. The molecule has 0 spiro atoms. The molecular weight excluding hydrogens is 302 g/mol. The number of nitro groups is 1. The van der Waals surface area contributed by atoms with Crippen LogP contribution in [-0.2, 0) is 4.74 Å². The Morgan fingerprint density at radius 2 is 2.09 bits per heavy atom. The van der Waals surface area contributed by atoms with Gasteiger partial charge in [0.25, 0.3) is 5.69 Å². The van der Waals surface area contributed by atoms with Gasteiger partial charge in [-0.1, -0.05) is 0 Å². The van der Waals surface area contributed by atoms with E-state index in [1.807, 2.05) is 0 Å². The van der Waals surface area contributed by atoms with Crippen molar-refractivity contribution < 1.29 is 9.66 Å². The molecule has 118 valence electrons. The SMILES string of the molecule is O=[N+]([O-])c1ccc(NC(=S)N(C[C@H]2CCOC2)C2CC2)cc1. The number of nitrogens with zero attached hydrogens (tertiary/aromatic N) is 2. The summed E-state index contributed by atoms with van der Waals surface area (Å²) in [7, 11) is 0. The Labute approximate surface area is 134 Å². The van der Waals surface area contributed by atoms with E-state index in [-0.39, 0.29) is 5.69 Å². The zero-order chi connectivity index (χ0) is 15.5. The number of nitrogens with one attached hydrogen (secondary N) is 1. The van der Waals surface area contributed by atoms with Gasteiger partial charge in [-0.15, -0.1) is 0 Å². The van der Waals surface area contributed by atoms with E-state index in [1.165, 1.54) is 25.0 Å². The van der Waals surface area contributed by atoms with Crippen LogP contribution in [0.1, 0.15) is 19.3 Å². The molecule has 0 bridgehead atoms. The summed E-state index contributed by atoms with van der Waals surface area (Å²) in [6, 6.07) is 6.87. The van der Waals surface area contributed by atoms with Gasteiger partial charge >= 0.3 is 0 Å². The number of benzene rings is 1. The summed E-state index contributed by atoms with van der Waals surface area (Å²) < 4.78 is 5.44. The van der Waals surface area contributed by atoms with Crippen molar-refractivity contribution in [3.8, 4) is 0 Å². The maximum atomic E-state index is 10.7. The van der Waals surface area contributed by atoms with Gasteiger partial charge in [-0.2, -0.15) is 0 Å². The lowest BCUT2D eigenvalue weighted by molar-refractivity contribution is -0.384. The fraction of sp³-hybridized carbons (Fsp3) is 0.533. The molecule has 1 saturated carbocycles. The van der Waals surface area contributed by atoms with Crippen LogP contribution in [-0.4, -0.2) is 40.7 Å². The summed E-state index contributed by atoms with van der Waals surface area (Å²) in [5, 5.41) is 14.6. The minimum absolute atomic E-state index is 0.0821. The number of thiocarbonyl (C=S) groups is 1. The lowest BCUT2D eigenvalue weighted by Crippen LogP contribution is -2.40. The van der Waals surface area contributed by atoms with Gasteiger partial charge in [-0.25, -0.2) is 0 Å². The van der Waals surface area contributed by atoms with E-state index in [0.717, 1.165) is 31.9 Å². The summed E-state index contributed by atoms with van der Waals surface area (Å²) in [5.41, 5.74) is 0.863. The van der Waals surface area contributed by atoms with Crippen LogP contribution < -0.4 is 5.32 Å². The van der Waals surface area contributed by atoms with Crippen LogP contribution in [0, 0.1) is 16.0 Å². The average molecular weight is 321 g/mol. The first-order chi connectivity index (χ1) is 10.6. The molecule has 6 nitrogen and oxygen atoms in total. The molecule has 1 atom stereocenters. The summed E-state index contributed by atoms with van der Waals surface area (Å²) in [5.74, 6) is 0.539. The Kier molecular flexibility index (Phi) is 4.54. The van der Waals surface area contributed by atoms with Gasteiger partial charge in [0.15, 0.2) is 5.11 Å². The molecule has 1 aromatic rings. The van der Waals surface area contributed by atoms with Crippen molar-refractivity contribution in [3.63, 3.8) is 0 Å². The van der Waals surface area contributed by atoms with Crippen LogP contribution in [0.2, 0.25) is 0 Å². The van der Waals surface area contributed by atoms with Crippen LogP contribution in [0.5, 0.6) is 0 Å². The standard InChI is InChI=1S/C15H19N3O3S/c19-18(20)14-3-1-12(2-4-14)16-15(22)17(13-5-6-13)9-11-7-8-21-10-11/h1-4,11,13H,5-10H2,(H,16,22)/t11-/m1/s1. The van der Waals surface area contributed by atoms with Gasteiger partial charge in [-0.3, -0.25) is 10.1 Å². The number of non-ortho nitro benzene ring substituents is 1. The molecule has 0 radical (unpaired) electrons. The monoisotopic (exact) mass is 321 g/mol. The molecule has 1 saturated heterocycles. The fourth-order valence-electron chi connectivity index (χ4n) is 2.65. The van der Waals surface area contributed by atoms with E-state index in [9.17, 15) is 10.1 Å². The van der Waals surface area contributed by atoms with E-state index >= 15 is 0 Å². The highest BCUT2D eigenvalue weighted by atomic mass is 32.1. The van der Waals surface area contributed by atoms with E-state index in [1.54, 1.807) is 12.1 Å². The van der Waals surface area contributed by atoms with Gasteiger partial charge < -0.3 is 15.0 Å². The number of nitro benzene ring substituents is 1.